The molecule has 0 saturated carbocycles. The lowest BCUT2D eigenvalue weighted by atomic mass is 9.94. The van der Waals surface area contributed by atoms with Crippen LogP contribution in [-0.4, -0.2) is 62.8 Å². The summed E-state index contributed by atoms with van der Waals surface area (Å²) in [5, 5.41) is 5.68. The van der Waals surface area contributed by atoms with Gasteiger partial charge in [0, 0.05) is 37.6 Å². The molecule has 0 spiro atoms. The second kappa shape index (κ2) is 9.83. The Hall–Kier alpha value is -1.38. The number of carbonyl (C=O) groups excluding carboxylic acids is 1. The maximum atomic E-state index is 13.1. The fraction of sp³-hybridized carbons (Fsp3) is 0.476. The summed E-state index contributed by atoms with van der Waals surface area (Å²) in [6.07, 6.45) is 2.64. The predicted octanol–water partition coefficient (Wildman–Crippen LogP) is 3.14. The SMILES string of the molecule is Cl.O=C(CC1CCNCC1)N1CCN(S(=O)(=O)c2ccc3cc(Cl)ccc3c2)CC1. The molecular formula is C21H27Cl2N3O3S. The maximum absolute atomic E-state index is 13.1. The molecule has 2 heterocycles. The number of carbonyl (C=O) groups is 1. The van der Waals surface area contributed by atoms with E-state index >= 15 is 0 Å². The quantitative estimate of drug-likeness (QED) is 0.743. The molecule has 1 N–H and O–H groups in total. The number of hydrogen-bond donors (Lipinski definition) is 1. The van der Waals surface area contributed by atoms with E-state index in [4.69, 9.17) is 11.6 Å². The van der Waals surface area contributed by atoms with Gasteiger partial charge >= 0.3 is 0 Å². The molecular weight excluding hydrogens is 445 g/mol. The van der Waals surface area contributed by atoms with Gasteiger partial charge in [-0.1, -0.05) is 23.7 Å². The molecule has 2 saturated heterocycles. The van der Waals surface area contributed by atoms with Gasteiger partial charge in [-0.25, -0.2) is 8.42 Å². The minimum absolute atomic E-state index is 0. The van der Waals surface area contributed by atoms with Crippen LogP contribution in [0.25, 0.3) is 10.8 Å². The zero-order valence-electron chi connectivity index (χ0n) is 16.7. The van der Waals surface area contributed by atoms with Gasteiger partial charge in [0.25, 0.3) is 0 Å². The highest BCUT2D eigenvalue weighted by atomic mass is 35.5. The van der Waals surface area contributed by atoms with Crippen LogP contribution in [-0.2, 0) is 14.8 Å². The summed E-state index contributed by atoms with van der Waals surface area (Å²) in [6, 6.07) is 10.5. The average Bonchev–Trinajstić information content (AvgIpc) is 2.74. The molecule has 9 heteroatoms. The minimum atomic E-state index is -3.59. The molecule has 0 aliphatic carbocycles. The second-order valence-corrected chi connectivity index (χ2v) is 10.2. The van der Waals surface area contributed by atoms with E-state index in [0.29, 0.717) is 43.5 Å². The van der Waals surface area contributed by atoms with Crippen molar-refractivity contribution in [1.82, 2.24) is 14.5 Å². The summed E-state index contributed by atoms with van der Waals surface area (Å²) in [5.74, 6) is 0.591. The number of benzene rings is 2. The van der Waals surface area contributed by atoms with Crippen molar-refractivity contribution in [3.05, 3.63) is 41.4 Å². The highest BCUT2D eigenvalue weighted by molar-refractivity contribution is 7.89. The van der Waals surface area contributed by atoms with E-state index in [0.717, 1.165) is 36.7 Å². The molecule has 0 unspecified atom stereocenters. The van der Waals surface area contributed by atoms with Crippen LogP contribution in [0.4, 0.5) is 0 Å². The Morgan fingerprint density at radius 1 is 1.00 bits per heavy atom. The summed E-state index contributed by atoms with van der Waals surface area (Å²) < 4.78 is 27.6. The van der Waals surface area contributed by atoms with Crippen LogP contribution in [0.5, 0.6) is 0 Å². The van der Waals surface area contributed by atoms with Gasteiger partial charge in [-0.2, -0.15) is 4.31 Å². The lowest BCUT2D eigenvalue weighted by Crippen LogP contribution is -2.50. The standard InChI is InChI=1S/C21H26ClN3O3S.ClH/c22-19-3-1-18-15-20(4-2-17(18)14-19)29(27,28)25-11-9-24(10-12-25)21(26)13-16-5-7-23-8-6-16;/h1-4,14-16,23H,5-13H2;1H. The van der Waals surface area contributed by atoms with E-state index in [2.05, 4.69) is 5.32 Å². The fourth-order valence-electron chi connectivity index (χ4n) is 4.14. The first-order valence-corrected chi connectivity index (χ1v) is 11.9. The van der Waals surface area contributed by atoms with Crippen LogP contribution in [0.2, 0.25) is 5.02 Å². The van der Waals surface area contributed by atoms with Gasteiger partial charge in [-0.3, -0.25) is 4.79 Å². The van der Waals surface area contributed by atoms with Gasteiger partial charge in [-0.05, 0) is 66.9 Å². The normalized spacial score (nSPS) is 18.9. The van der Waals surface area contributed by atoms with Crippen molar-refractivity contribution in [3.63, 3.8) is 0 Å². The zero-order chi connectivity index (χ0) is 20.4. The molecule has 0 aromatic heterocycles. The summed E-state index contributed by atoms with van der Waals surface area (Å²) in [7, 11) is -3.59. The van der Waals surface area contributed by atoms with Crippen LogP contribution in [0.3, 0.4) is 0 Å². The number of piperidine rings is 1. The predicted molar refractivity (Wildman–Crippen MR) is 122 cm³/mol. The van der Waals surface area contributed by atoms with Crippen molar-refractivity contribution in [2.75, 3.05) is 39.3 Å². The minimum Gasteiger partial charge on any atom is -0.340 e. The van der Waals surface area contributed by atoms with Gasteiger partial charge in [0.1, 0.15) is 0 Å². The van der Waals surface area contributed by atoms with E-state index in [1.165, 1.54) is 4.31 Å². The molecule has 2 aliphatic rings. The number of piperazine rings is 1. The van der Waals surface area contributed by atoms with Gasteiger partial charge < -0.3 is 10.2 Å². The first-order chi connectivity index (χ1) is 13.9. The third kappa shape index (κ3) is 5.08. The summed E-state index contributed by atoms with van der Waals surface area (Å²) in [6.45, 7) is 3.51. The molecule has 2 aliphatic heterocycles. The summed E-state index contributed by atoms with van der Waals surface area (Å²) >= 11 is 6.01. The van der Waals surface area contributed by atoms with E-state index < -0.39 is 10.0 Å². The Labute approximate surface area is 189 Å². The molecule has 2 aromatic rings. The number of sulfonamides is 1. The van der Waals surface area contributed by atoms with Gasteiger partial charge in [-0.15, -0.1) is 12.4 Å². The first-order valence-electron chi connectivity index (χ1n) is 10.1. The summed E-state index contributed by atoms with van der Waals surface area (Å²) in [5.41, 5.74) is 0. The maximum Gasteiger partial charge on any atom is 0.243 e. The van der Waals surface area contributed by atoms with E-state index in [9.17, 15) is 13.2 Å². The molecule has 4 rings (SSSR count). The Morgan fingerprint density at radius 2 is 1.63 bits per heavy atom. The van der Waals surface area contributed by atoms with E-state index in [1.54, 1.807) is 24.3 Å². The molecule has 0 radical (unpaired) electrons. The summed E-state index contributed by atoms with van der Waals surface area (Å²) in [4.78, 5) is 14.7. The molecule has 2 aromatic carbocycles. The number of nitrogens with one attached hydrogen (secondary N) is 1. The number of halogens is 2. The van der Waals surface area contributed by atoms with Crippen molar-refractivity contribution in [2.24, 2.45) is 5.92 Å². The van der Waals surface area contributed by atoms with Crippen LogP contribution >= 0.6 is 24.0 Å². The van der Waals surface area contributed by atoms with Crippen LogP contribution < -0.4 is 5.32 Å². The van der Waals surface area contributed by atoms with Gasteiger partial charge in [0.15, 0.2) is 0 Å². The van der Waals surface area contributed by atoms with Crippen LogP contribution in [0.1, 0.15) is 19.3 Å². The largest absolute Gasteiger partial charge is 0.340 e. The van der Waals surface area contributed by atoms with E-state index in [-0.39, 0.29) is 23.2 Å². The number of rotatable bonds is 4. The van der Waals surface area contributed by atoms with Crippen molar-refractivity contribution in [3.8, 4) is 0 Å². The number of hydrogen-bond acceptors (Lipinski definition) is 4. The van der Waals surface area contributed by atoms with Crippen molar-refractivity contribution in [1.29, 1.82) is 0 Å². The molecule has 164 valence electrons. The number of amides is 1. The molecule has 30 heavy (non-hydrogen) atoms. The third-order valence-electron chi connectivity index (χ3n) is 5.92. The highest BCUT2D eigenvalue weighted by Gasteiger charge is 2.31. The van der Waals surface area contributed by atoms with Crippen LogP contribution in [0.15, 0.2) is 41.3 Å². The Bertz CT molecular complexity index is 1000. The number of fused-ring (bicyclic) bond motifs is 1. The number of nitrogens with zero attached hydrogens (tertiary/aromatic N) is 2. The zero-order valence-corrected chi connectivity index (χ0v) is 19.1. The monoisotopic (exact) mass is 471 g/mol. The third-order valence-corrected chi connectivity index (χ3v) is 8.05. The topological polar surface area (TPSA) is 69.7 Å². The fourth-order valence-corrected chi connectivity index (χ4v) is 5.78. The Kier molecular flexibility index (Phi) is 7.63. The molecule has 2 fully saturated rings. The molecule has 6 nitrogen and oxygen atoms in total. The van der Waals surface area contributed by atoms with Gasteiger partial charge in [0.05, 0.1) is 4.90 Å². The first kappa shape index (κ1) is 23.3. The molecule has 0 bridgehead atoms. The van der Waals surface area contributed by atoms with Gasteiger partial charge in [0.2, 0.25) is 15.9 Å². The Balaban J connectivity index is 0.00000256. The van der Waals surface area contributed by atoms with Crippen LogP contribution in [0, 0.1) is 5.92 Å². The molecule has 1 amide bonds. The highest BCUT2D eigenvalue weighted by Crippen LogP contribution is 2.25. The smallest absolute Gasteiger partial charge is 0.243 e. The second-order valence-electron chi connectivity index (χ2n) is 7.84. The lowest BCUT2D eigenvalue weighted by Gasteiger charge is -2.35. The van der Waals surface area contributed by atoms with Crippen molar-refractivity contribution in [2.45, 2.75) is 24.2 Å². The Morgan fingerprint density at radius 3 is 2.33 bits per heavy atom. The average molecular weight is 472 g/mol. The lowest BCUT2D eigenvalue weighted by molar-refractivity contribution is -0.133. The van der Waals surface area contributed by atoms with Crippen molar-refractivity contribution >= 4 is 50.7 Å². The van der Waals surface area contributed by atoms with Crippen molar-refractivity contribution < 1.29 is 13.2 Å². The molecule has 0 atom stereocenters. The van der Waals surface area contributed by atoms with E-state index in [1.807, 2.05) is 17.0 Å².